The molecule has 1 saturated heterocycles. The molecule has 0 unspecified atom stereocenters. The molecule has 3 aromatic carbocycles. The monoisotopic (exact) mass is 899 g/mol. The summed E-state index contributed by atoms with van der Waals surface area (Å²) in [6.45, 7) is 9.33. The van der Waals surface area contributed by atoms with Gasteiger partial charge in [0.15, 0.2) is 0 Å². The van der Waals surface area contributed by atoms with Crippen LogP contribution in [0, 0.1) is 5.92 Å². The first kappa shape index (κ1) is 50.7. The third-order valence-corrected chi connectivity index (χ3v) is 11.2. The smallest absolute Gasteiger partial charge is 0.410 e. The van der Waals surface area contributed by atoms with Crippen LogP contribution in [0.1, 0.15) is 77.0 Å². The Balaban J connectivity index is 1.63. The van der Waals surface area contributed by atoms with Crippen LogP contribution in [0.15, 0.2) is 91.0 Å². The van der Waals surface area contributed by atoms with Gasteiger partial charge in [-0.2, -0.15) is 11.8 Å². The Morgan fingerprint density at radius 3 is 1.47 bits per heavy atom. The first-order chi connectivity index (χ1) is 30.4. The van der Waals surface area contributed by atoms with E-state index in [0.717, 1.165) is 11.1 Å². The molecule has 64 heavy (non-hydrogen) atoms. The van der Waals surface area contributed by atoms with E-state index in [4.69, 9.17) is 10.5 Å². The van der Waals surface area contributed by atoms with E-state index in [-0.39, 0.29) is 31.6 Å². The molecule has 0 saturated carbocycles. The number of amides is 7. The summed E-state index contributed by atoms with van der Waals surface area (Å²) in [5, 5.41) is 14.1. The van der Waals surface area contributed by atoms with Crippen LogP contribution in [0.5, 0.6) is 0 Å². The van der Waals surface area contributed by atoms with Crippen LogP contribution >= 0.6 is 11.8 Å². The second kappa shape index (κ2) is 24.8. The van der Waals surface area contributed by atoms with Gasteiger partial charge in [-0.3, -0.25) is 33.7 Å². The number of ether oxygens (including phenoxy) is 1. The fourth-order valence-electron chi connectivity index (χ4n) is 7.34. The number of likely N-dealkylation sites (tertiary alicyclic amines) is 1. The number of primary amides is 1. The predicted octanol–water partition coefficient (Wildman–Crippen LogP) is 3.82. The van der Waals surface area contributed by atoms with Gasteiger partial charge in [0, 0.05) is 25.8 Å². The maximum atomic E-state index is 14.6. The molecule has 0 radical (unpaired) electrons. The Labute approximate surface area is 381 Å². The molecule has 0 aromatic heterocycles. The average molecular weight is 900 g/mol. The minimum absolute atomic E-state index is 0.0298. The summed E-state index contributed by atoms with van der Waals surface area (Å²) < 4.78 is 5.57. The van der Waals surface area contributed by atoms with Crippen molar-refractivity contribution in [2.24, 2.45) is 11.7 Å². The van der Waals surface area contributed by atoms with Crippen molar-refractivity contribution < 1.29 is 38.3 Å². The summed E-state index contributed by atoms with van der Waals surface area (Å²) in [7, 11) is 0. The molecule has 0 bridgehead atoms. The molecule has 7 amide bonds. The number of nitrogens with one attached hydrogen (secondary N) is 5. The second-order valence-electron chi connectivity index (χ2n) is 17.5. The van der Waals surface area contributed by atoms with E-state index in [2.05, 4.69) is 26.6 Å². The molecule has 346 valence electrons. The van der Waals surface area contributed by atoms with E-state index < -0.39 is 83.4 Å². The van der Waals surface area contributed by atoms with Gasteiger partial charge in [0.05, 0.1) is 0 Å². The molecule has 1 aliphatic heterocycles. The quantitative estimate of drug-likeness (QED) is 0.0863. The number of thioether (sulfide) groups is 1. The molecule has 1 aliphatic rings. The molecule has 0 spiro atoms. The molecule has 4 rings (SSSR count). The van der Waals surface area contributed by atoms with E-state index in [1.165, 1.54) is 16.7 Å². The van der Waals surface area contributed by atoms with Gasteiger partial charge in [0.2, 0.25) is 35.4 Å². The normalized spacial score (nSPS) is 16.0. The molecular weight excluding hydrogens is 835 g/mol. The number of carbonyl (C=O) groups is 7. The van der Waals surface area contributed by atoms with Gasteiger partial charge in [0.25, 0.3) is 0 Å². The molecule has 3 aromatic rings. The minimum Gasteiger partial charge on any atom is -0.444 e. The van der Waals surface area contributed by atoms with Crippen LogP contribution in [0.25, 0.3) is 0 Å². The molecule has 1 fully saturated rings. The summed E-state index contributed by atoms with van der Waals surface area (Å²) in [5.74, 6) is -3.25. The van der Waals surface area contributed by atoms with Crippen LogP contribution in [0.4, 0.5) is 4.79 Å². The predicted molar refractivity (Wildman–Crippen MR) is 248 cm³/mol. The topological polar surface area (TPSA) is 218 Å². The van der Waals surface area contributed by atoms with Crippen molar-refractivity contribution in [3.05, 3.63) is 108 Å². The Morgan fingerprint density at radius 2 is 1.06 bits per heavy atom. The summed E-state index contributed by atoms with van der Waals surface area (Å²) in [6, 6.07) is 20.7. The molecular formula is C48H65N7O8S. The van der Waals surface area contributed by atoms with Crippen LogP contribution in [-0.2, 0) is 52.8 Å². The second-order valence-corrected chi connectivity index (χ2v) is 18.5. The van der Waals surface area contributed by atoms with Gasteiger partial charge in [0.1, 0.15) is 41.9 Å². The van der Waals surface area contributed by atoms with Crippen LogP contribution in [0.2, 0.25) is 0 Å². The zero-order valence-corrected chi connectivity index (χ0v) is 38.6. The lowest BCUT2D eigenvalue weighted by Crippen LogP contribution is -2.60. The maximum Gasteiger partial charge on any atom is 0.410 e. The standard InChI is InChI=1S/C48H65N7O8S/c1-31(2)27-36(42(57)50-35(41(49)56)24-26-64-6)51-43(58)37(28-32-17-10-7-11-18-32)52-44(59)38(29-33-19-12-8-13-20-33)53-45(60)39(30-34-21-14-9-15-22-34)54-46(61)40-23-16-25-55(40)47(62)63-48(3,4)5/h7-15,17-22,31,35-40H,16,23-30H2,1-6H3,(H2,49,56)(H,50,57)(H,51,58)(H,52,59)(H,53,60)(H,54,61)/t35-,36-,37+,38-,39+,40-/m0/s1. The zero-order valence-electron chi connectivity index (χ0n) is 37.8. The largest absolute Gasteiger partial charge is 0.444 e. The first-order valence-corrected chi connectivity index (χ1v) is 23.2. The number of carbonyl (C=O) groups excluding carboxylic acids is 7. The van der Waals surface area contributed by atoms with Crippen molar-refractivity contribution in [1.82, 2.24) is 31.5 Å². The van der Waals surface area contributed by atoms with Gasteiger partial charge < -0.3 is 37.1 Å². The third kappa shape index (κ3) is 16.7. The highest BCUT2D eigenvalue weighted by Crippen LogP contribution is 2.22. The highest BCUT2D eigenvalue weighted by molar-refractivity contribution is 7.98. The number of hydrogen-bond acceptors (Lipinski definition) is 9. The van der Waals surface area contributed by atoms with Crippen LogP contribution in [0.3, 0.4) is 0 Å². The SMILES string of the molecule is CSCC[C@H](NC(=O)[C@H](CC(C)C)NC(=O)[C@@H](Cc1ccccc1)NC(=O)[C@H](Cc1ccccc1)NC(=O)[C@@H](Cc1ccccc1)NC(=O)[C@@H]1CCCN1C(=O)OC(C)(C)C)C(N)=O. The zero-order chi connectivity index (χ0) is 46.8. The van der Waals surface area contributed by atoms with Gasteiger partial charge in [-0.05, 0) is 81.1 Å². The first-order valence-electron chi connectivity index (χ1n) is 21.9. The Bertz CT molecular complexity index is 2020. The maximum absolute atomic E-state index is 14.6. The van der Waals surface area contributed by atoms with E-state index in [1.54, 1.807) is 45.0 Å². The van der Waals surface area contributed by atoms with Crippen molar-refractivity contribution in [3.63, 3.8) is 0 Å². The van der Waals surface area contributed by atoms with Gasteiger partial charge in [-0.1, -0.05) is 105 Å². The average Bonchev–Trinajstić information content (AvgIpc) is 3.75. The molecule has 0 aliphatic carbocycles. The molecule has 1 heterocycles. The summed E-state index contributed by atoms with van der Waals surface area (Å²) in [6.07, 6.45) is 2.88. The van der Waals surface area contributed by atoms with Crippen molar-refractivity contribution in [2.45, 2.75) is 121 Å². The van der Waals surface area contributed by atoms with Crippen LogP contribution in [-0.4, -0.2) is 107 Å². The number of benzene rings is 3. The fraction of sp³-hybridized carbons (Fsp3) is 0.479. The summed E-state index contributed by atoms with van der Waals surface area (Å²) in [4.78, 5) is 97.7. The van der Waals surface area contributed by atoms with Crippen molar-refractivity contribution >= 4 is 53.3 Å². The lowest BCUT2D eigenvalue weighted by molar-refractivity contribution is -0.135. The number of nitrogens with zero attached hydrogens (tertiary/aromatic N) is 1. The number of rotatable bonds is 22. The molecule has 6 atom stereocenters. The fourth-order valence-corrected chi connectivity index (χ4v) is 7.81. The minimum atomic E-state index is -1.23. The number of nitrogens with two attached hydrogens (primary N) is 1. The molecule has 16 heteroatoms. The van der Waals surface area contributed by atoms with Gasteiger partial charge in [-0.25, -0.2) is 4.79 Å². The highest BCUT2D eigenvalue weighted by Gasteiger charge is 2.39. The van der Waals surface area contributed by atoms with E-state index in [0.29, 0.717) is 37.1 Å². The Morgan fingerprint density at radius 1 is 0.656 bits per heavy atom. The van der Waals surface area contributed by atoms with E-state index in [9.17, 15) is 33.6 Å². The highest BCUT2D eigenvalue weighted by atomic mass is 32.2. The van der Waals surface area contributed by atoms with Crippen molar-refractivity contribution in [2.75, 3.05) is 18.6 Å². The van der Waals surface area contributed by atoms with Gasteiger partial charge >= 0.3 is 6.09 Å². The summed E-state index contributed by atoms with van der Waals surface area (Å²) >= 11 is 1.50. The lowest BCUT2D eigenvalue weighted by atomic mass is 9.99. The number of hydrogen-bond donors (Lipinski definition) is 6. The Kier molecular flexibility index (Phi) is 19.7. The van der Waals surface area contributed by atoms with E-state index >= 15 is 0 Å². The van der Waals surface area contributed by atoms with E-state index in [1.807, 2.05) is 86.8 Å². The van der Waals surface area contributed by atoms with Crippen LogP contribution < -0.4 is 32.3 Å². The summed E-state index contributed by atoms with van der Waals surface area (Å²) in [5.41, 5.74) is 7.02. The lowest BCUT2D eigenvalue weighted by Gasteiger charge is -2.30. The van der Waals surface area contributed by atoms with Crippen molar-refractivity contribution in [1.29, 1.82) is 0 Å². The molecule has 15 nitrogen and oxygen atoms in total. The van der Waals surface area contributed by atoms with Crippen molar-refractivity contribution in [3.8, 4) is 0 Å². The molecule has 7 N–H and O–H groups in total. The third-order valence-electron chi connectivity index (χ3n) is 10.5. The van der Waals surface area contributed by atoms with Gasteiger partial charge in [-0.15, -0.1) is 0 Å². The Hall–Kier alpha value is -5.90.